The van der Waals surface area contributed by atoms with Crippen molar-refractivity contribution >= 4 is 23.2 Å². The Bertz CT molecular complexity index is 1010. The van der Waals surface area contributed by atoms with Gasteiger partial charge in [0.1, 0.15) is 23.5 Å². The van der Waals surface area contributed by atoms with Crippen LogP contribution in [0.2, 0.25) is 0 Å². The molecule has 1 amide bonds. The lowest BCUT2D eigenvalue weighted by atomic mass is 10.1. The van der Waals surface area contributed by atoms with Crippen LogP contribution in [-0.2, 0) is 22.5 Å². The number of carbonyl (C=O) groups is 2. The van der Waals surface area contributed by atoms with Gasteiger partial charge in [0.15, 0.2) is 5.65 Å². The van der Waals surface area contributed by atoms with E-state index in [1.165, 1.54) is 6.33 Å². The fourth-order valence-corrected chi connectivity index (χ4v) is 2.82. The van der Waals surface area contributed by atoms with Gasteiger partial charge in [-0.15, -0.1) is 0 Å². The van der Waals surface area contributed by atoms with Gasteiger partial charge in [0.2, 0.25) is 0 Å². The van der Waals surface area contributed by atoms with Gasteiger partial charge in [0.25, 0.3) is 0 Å². The molecule has 0 saturated carbocycles. The van der Waals surface area contributed by atoms with Crippen LogP contribution in [0.3, 0.4) is 0 Å². The molecule has 9 heteroatoms. The lowest BCUT2D eigenvalue weighted by Crippen LogP contribution is -2.44. The number of hydrogen-bond acceptors (Lipinski definition) is 6. The first kappa shape index (κ1) is 20.2. The van der Waals surface area contributed by atoms with Gasteiger partial charge in [-0.05, 0) is 26.3 Å². The van der Waals surface area contributed by atoms with Crippen molar-refractivity contribution in [2.75, 3.05) is 0 Å². The number of imidazole rings is 1. The second-order valence-corrected chi connectivity index (χ2v) is 7.59. The number of hydrogen-bond donors (Lipinski definition) is 2. The number of nitrogens with zero attached hydrogens (tertiary/aromatic N) is 4. The molecule has 0 aliphatic heterocycles. The van der Waals surface area contributed by atoms with E-state index in [0.717, 1.165) is 5.56 Å². The van der Waals surface area contributed by atoms with E-state index in [-0.39, 0.29) is 6.42 Å². The van der Waals surface area contributed by atoms with Crippen molar-refractivity contribution in [3.63, 3.8) is 0 Å². The number of ether oxygens (including phenoxy) is 1. The minimum atomic E-state index is -1.21. The number of carbonyl (C=O) groups excluding carboxylic acids is 1. The fraction of sp³-hybridized carbons (Fsp3) is 0.350. The summed E-state index contributed by atoms with van der Waals surface area (Å²) in [5, 5.41) is 11.9. The van der Waals surface area contributed by atoms with Crippen LogP contribution in [0.1, 0.15) is 32.0 Å². The molecule has 1 atom stereocenters. The summed E-state index contributed by atoms with van der Waals surface area (Å²) in [6.45, 7) is 5.69. The molecule has 29 heavy (non-hydrogen) atoms. The van der Waals surface area contributed by atoms with E-state index in [2.05, 4.69) is 20.3 Å². The van der Waals surface area contributed by atoms with Gasteiger partial charge in [-0.3, -0.25) is 0 Å². The van der Waals surface area contributed by atoms with E-state index in [4.69, 9.17) is 4.74 Å². The van der Waals surface area contributed by atoms with Crippen molar-refractivity contribution in [3.05, 3.63) is 54.2 Å². The molecular formula is C20H23N5O4. The van der Waals surface area contributed by atoms with E-state index in [1.54, 1.807) is 27.1 Å². The van der Waals surface area contributed by atoms with Crippen LogP contribution in [0.15, 0.2) is 43.0 Å². The number of carboxylic acid groups (broad SMARTS) is 1. The van der Waals surface area contributed by atoms with Crippen molar-refractivity contribution in [2.45, 2.75) is 45.4 Å². The number of benzene rings is 1. The predicted molar refractivity (Wildman–Crippen MR) is 105 cm³/mol. The Morgan fingerprint density at radius 1 is 1.17 bits per heavy atom. The number of aliphatic carboxylic acids is 1. The summed E-state index contributed by atoms with van der Waals surface area (Å²) >= 11 is 0. The van der Waals surface area contributed by atoms with Crippen molar-refractivity contribution in [1.29, 1.82) is 0 Å². The van der Waals surface area contributed by atoms with E-state index in [9.17, 15) is 14.7 Å². The quantitative estimate of drug-likeness (QED) is 0.655. The first-order chi connectivity index (χ1) is 13.7. The Kier molecular flexibility index (Phi) is 5.76. The predicted octanol–water partition coefficient (Wildman–Crippen LogP) is 2.40. The molecule has 0 aliphatic carbocycles. The first-order valence-electron chi connectivity index (χ1n) is 9.14. The normalized spacial score (nSPS) is 12.5. The standard InChI is InChI=1S/C20H23N5O4/c1-20(2,3)29-19(28)24-15(18(26)27)9-14-16-17(22-11-21-14)25(12-23-16)10-13-7-5-4-6-8-13/h4-8,11-12,15H,9-10H2,1-3H3,(H,24,28)(H,26,27)/t15-/m0/s1. The van der Waals surface area contributed by atoms with Crippen LogP contribution >= 0.6 is 0 Å². The molecule has 3 rings (SSSR count). The van der Waals surface area contributed by atoms with Gasteiger partial charge in [0, 0.05) is 6.42 Å². The summed E-state index contributed by atoms with van der Waals surface area (Å²) in [6.07, 6.45) is 2.17. The number of aromatic nitrogens is 4. The van der Waals surface area contributed by atoms with Crippen LogP contribution in [0.5, 0.6) is 0 Å². The Hall–Kier alpha value is -3.49. The van der Waals surface area contributed by atoms with Gasteiger partial charge < -0.3 is 19.7 Å². The zero-order valence-electron chi connectivity index (χ0n) is 16.5. The number of nitrogens with one attached hydrogen (secondary N) is 1. The number of rotatable bonds is 6. The fourth-order valence-electron chi connectivity index (χ4n) is 2.82. The van der Waals surface area contributed by atoms with Crippen molar-refractivity contribution < 1.29 is 19.4 Å². The number of carboxylic acids is 1. The molecule has 0 radical (unpaired) electrons. The second kappa shape index (κ2) is 8.26. The molecule has 0 bridgehead atoms. The molecule has 3 aromatic rings. The molecule has 2 heterocycles. The molecular weight excluding hydrogens is 374 g/mol. The van der Waals surface area contributed by atoms with E-state index in [1.807, 2.05) is 34.9 Å². The molecule has 0 aliphatic rings. The lowest BCUT2D eigenvalue weighted by Gasteiger charge is -2.21. The molecule has 1 aromatic carbocycles. The highest BCUT2D eigenvalue weighted by Crippen LogP contribution is 2.16. The molecule has 0 fully saturated rings. The topological polar surface area (TPSA) is 119 Å². The van der Waals surface area contributed by atoms with Gasteiger partial charge in [-0.25, -0.2) is 24.5 Å². The summed E-state index contributed by atoms with van der Waals surface area (Å²) in [4.78, 5) is 36.5. The average Bonchev–Trinajstić information content (AvgIpc) is 3.04. The molecule has 0 spiro atoms. The minimum Gasteiger partial charge on any atom is -0.480 e. The summed E-state index contributed by atoms with van der Waals surface area (Å²) in [5.41, 5.74) is 1.89. The maximum atomic E-state index is 12.0. The average molecular weight is 397 g/mol. The lowest BCUT2D eigenvalue weighted by molar-refractivity contribution is -0.139. The molecule has 9 nitrogen and oxygen atoms in total. The SMILES string of the molecule is CC(C)(C)OC(=O)N[C@@H](Cc1ncnc2c1ncn2Cc1ccccc1)C(=O)O. The Labute approximate surface area is 167 Å². The summed E-state index contributed by atoms with van der Waals surface area (Å²) in [5.74, 6) is -1.19. The third-order valence-corrected chi connectivity index (χ3v) is 4.06. The highest BCUT2D eigenvalue weighted by molar-refractivity contribution is 5.81. The number of amides is 1. The van der Waals surface area contributed by atoms with Gasteiger partial charge in [-0.2, -0.15) is 0 Å². The van der Waals surface area contributed by atoms with Gasteiger partial charge in [-0.1, -0.05) is 30.3 Å². The highest BCUT2D eigenvalue weighted by Gasteiger charge is 2.26. The first-order valence-corrected chi connectivity index (χ1v) is 9.14. The monoisotopic (exact) mass is 397 g/mol. The molecule has 0 unspecified atom stereocenters. The van der Waals surface area contributed by atoms with Crippen molar-refractivity contribution in [2.24, 2.45) is 0 Å². The Morgan fingerprint density at radius 3 is 2.55 bits per heavy atom. The smallest absolute Gasteiger partial charge is 0.408 e. The second-order valence-electron chi connectivity index (χ2n) is 7.59. The Balaban J connectivity index is 1.81. The van der Waals surface area contributed by atoms with E-state index >= 15 is 0 Å². The van der Waals surface area contributed by atoms with Gasteiger partial charge >= 0.3 is 12.1 Å². The van der Waals surface area contributed by atoms with Crippen LogP contribution in [-0.4, -0.2) is 48.3 Å². The largest absolute Gasteiger partial charge is 0.480 e. The summed E-state index contributed by atoms with van der Waals surface area (Å²) < 4.78 is 7.02. The van der Waals surface area contributed by atoms with Crippen LogP contribution in [0, 0.1) is 0 Å². The van der Waals surface area contributed by atoms with Crippen LogP contribution < -0.4 is 5.32 Å². The third kappa shape index (κ3) is 5.28. The minimum absolute atomic E-state index is 0.0457. The van der Waals surface area contributed by atoms with E-state index < -0.39 is 23.7 Å². The molecule has 2 aromatic heterocycles. The van der Waals surface area contributed by atoms with Crippen LogP contribution in [0.25, 0.3) is 11.2 Å². The van der Waals surface area contributed by atoms with E-state index in [0.29, 0.717) is 23.4 Å². The number of fused-ring (bicyclic) bond motifs is 1. The third-order valence-electron chi connectivity index (χ3n) is 4.06. The molecule has 152 valence electrons. The van der Waals surface area contributed by atoms with Crippen molar-refractivity contribution in [3.8, 4) is 0 Å². The molecule has 0 saturated heterocycles. The zero-order chi connectivity index (χ0) is 21.0. The van der Waals surface area contributed by atoms with Crippen LogP contribution in [0.4, 0.5) is 4.79 Å². The highest BCUT2D eigenvalue weighted by atomic mass is 16.6. The maximum absolute atomic E-state index is 12.0. The Morgan fingerprint density at radius 2 is 1.90 bits per heavy atom. The van der Waals surface area contributed by atoms with Gasteiger partial charge in [0.05, 0.1) is 18.6 Å². The van der Waals surface area contributed by atoms with Crippen molar-refractivity contribution in [1.82, 2.24) is 24.8 Å². The maximum Gasteiger partial charge on any atom is 0.408 e. The number of alkyl carbamates (subject to hydrolysis) is 1. The molecule has 2 N–H and O–H groups in total. The zero-order valence-corrected chi connectivity index (χ0v) is 16.5. The summed E-state index contributed by atoms with van der Waals surface area (Å²) in [6, 6.07) is 8.64. The summed E-state index contributed by atoms with van der Waals surface area (Å²) in [7, 11) is 0.